The molecule has 5 nitrogen and oxygen atoms in total. The normalized spacial score (nSPS) is 10.2. The highest BCUT2D eigenvalue weighted by Crippen LogP contribution is 2.18. The van der Waals surface area contributed by atoms with Gasteiger partial charge in [-0.1, -0.05) is 39.7 Å². The fraction of sp³-hybridized carbons (Fsp3) is 0.263. The molecule has 1 amide bonds. The van der Waals surface area contributed by atoms with Crippen LogP contribution in [-0.2, 0) is 9.53 Å². The van der Waals surface area contributed by atoms with E-state index in [1.807, 2.05) is 32.0 Å². The van der Waals surface area contributed by atoms with Crippen molar-refractivity contribution < 1.29 is 19.1 Å². The Morgan fingerprint density at radius 1 is 1.12 bits per heavy atom. The Balaban J connectivity index is 1.68. The summed E-state index contributed by atoms with van der Waals surface area (Å²) in [6, 6.07) is 12.7. The lowest BCUT2D eigenvalue weighted by Gasteiger charge is -2.10. The summed E-state index contributed by atoms with van der Waals surface area (Å²) < 4.78 is 11.4. The third-order valence-corrected chi connectivity index (χ3v) is 3.90. The lowest BCUT2D eigenvalue weighted by atomic mass is 10.1. The zero-order chi connectivity index (χ0) is 18.2. The smallest absolute Gasteiger partial charge is 0.338 e. The van der Waals surface area contributed by atoms with Gasteiger partial charge in [-0.15, -0.1) is 0 Å². The second kappa shape index (κ2) is 9.22. The zero-order valence-corrected chi connectivity index (χ0v) is 15.8. The van der Waals surface area contributed by atoms with Crippen LogP contribution in [0.3, 0.4) is 0 Å². The molecule has 0 bridgehead atoms. The van der Waals surface area contributed by atoms with Gasteiger partial charge in [-0.2, -0.15) is 0 Å². The standard InChI is InChI=1S/C19H20BrNO4/c1-13-6-7-17(14(2)10-13)24-9-8-21-18(22)12-25-19(23)15-4-3-5-16(20)11-15/h3-7,10-11H,8-9,12H2,1-2H3,(H,21,22). The second-order valence-electron chi connectivity index (χ2n) is 5.55. The highest BCUT2D eigenvalue weighted by molar-refractivity contribution is 9.10. The molecule has 25 heavy (non-hydrogen) atoms. The maximum atomic E-state index is 11.8. The summed E-state index contributed by atoms with van der Waals surface area (Å²) in [5.41, 5.74) is 2.61. The van der Waals surface area contributed by atoms with E-state index in [1.165, 1.54) is 5.56 Å². The first kappa shape index (κ1) is 19.0. The van der Waals surface area contributed by atoms with Crippen LogP contribution in [0.1, 0.15) is 21.5 Å². The highest BCUT2D eigenvalue weighted by Gasteiger charge is 2.10. The molecule has 132 valence electrons. The highest BCUT2D eigenvalue weighted by atomic mass is 79.9. The quantitative estimate of drug-likeness (QED) is 0.566. The van der Waals surface area contributed by atoms with Crippen LogP contribution in [0.5, 0.6) is 5.75 Å². The molecule has 1 N–H and O–H groups in total. The number of amides is 1. The van der Waals surface area contributed by atoms with Crippen molar-refractivity contribution in [2.45, 2.75) is 13.8 Å². The zero-order valence-electron chi connectivity index (χ0n) is 14.2. The lowest BCUT2D eigenvalue weighted by Crippen LogP contribution is -2.32. The molecule has 0 aliphatic rings. The number of ether oxygens (including phenoxy) is 2. The van der Waals surface area contributed by atoms with Crippen LogP contribution >= 0.6 is 15.9 Å². The molecule has 0 fully saturated rings. The molecule has 2 aromatic rings. The van der Waals surface area contributed by atoms with Crippen molar-refractivity contribution in [3.8, 4) is 5.75 Å². The minimum Gasteiger partial charge on any atom is -0.491 e. The van der Waals surface area contributed by atoms with E-state index in [4.69, 9.17) is 9.47 Å². The first-order valence-electron chi connectivity index (χ1n) is 7.85. The van der Waals surface area contributed by atoms with E-state index in [-0.39, 0.29) is 12.5 Å². The molecular weight excluding hydrogens is 386 g/mol. The van der Waals surface area contributed by atoms with Gasteiger partial charge in [-0.05, 0) is 43.7 Å². The van der Waals surface area contributed by atoms with Gasteiger partial charge in [0.25, 0.3) is 5.91 Å². The number of nitrogens with one attached hydrogen (secondary N) is 1. The molecule has 2 rings (SSSR count). The Labute approximate surface area is 155 Å². The van der Waals surface area contributed by atoms with Crippen LogP contribution in [0.25, 0.3) is 0 Å². The summed E-state index contributed by atoms with van der Waals surface area (Å²) in [6.07, 6.45) is 0. The van der Waals surface area contributed by atoms with Crippen molar-refractivity contribution >= 4 is 27.8 Å². The predicted molar refractivity (Wildman–Crippen MR) is 98.8 cm³/mol. The monoisotopic (exact) mass is 405 g/mol. The lowest BCUT2D eigenvalue weighted by molar-refractivity contribution is -0.124. The van der Waals surface area contributed by atoms with E-state index >= 15 is 0 Å². The van der Waals surface area contributed by atoms with E-state index in [0.717, 1.165) is 15.8 Å². The molecule has 2 aromatic carbocycles. The molecule has 0 saturated carbocycles. The summed E-state index contributed by atoms with van der Waals surface area (Å²) in [6.45, 7) is 4.35. The molecule has 0 radical (unpaired) electrons. The van der Waals surface area contributed by atoms with Crippen molar-refractivity contribution in [1.82, 2.24) is 5.32 Å². The minimum atomic E-state index is -0.539. The van der Waals surface area contributed by atoms with E-state index < -0.39 is 5.97 Å². The molecule has 0 aliphatic carbocycles. The van der Waals surface area contributed by atoms with Crippen molar-refractivity contribution in [3.05, 3.63) is 63.6 Å². The topological polar surface area (TPSA) is 64.6 Å². The first-order chi connectivity index (χ1) is 12.0. The van der Waals surface area contributed by atoms with Crippen molar-refractivity contribution in [3.63, 3.8) is 0 Å². The molecule has 0 unspecified atom stereocenters. The fourth-order valence-corrected chi connectivity index (χ4v) is 2.59. The van der Waals surface area contributed by atoms with Crippen LogP contribution in [-0.4, -0.2) is 31.6 Å². The number of halogens is 1. The fourth-order valence-electron chi connectivity index (χ4n) is 2.19. The number of hydrogen-bond acceptors (Lipinski definition) is 4. The number of rotatable bonds is 7. The summed E-state index contributed by atoms with van der Waals surface area (Å²) >= 11 is 3.28. The Morgan fingerprint density at radius 3 is 2.64 bits per heavy atom. The number of hydrogen-bond donors (Lipinski definition) is 1. The molecule has 0 aromatic heterocycles. The number of carbonyl (C=O) groups is 2. The van der Waals surface area contributed by atoms with Gasteiger partial charge in [0.05, 0.1) is 12.1 Å². The maximum Gasteiger partial charge on any atom is 0.338 e. The average molecular weight is 406 g/mol. The van der Waals surface area contributed by atoms with Crippen LogP contribution in [0, 0.1) is 13.8 Å². The van der Waals surface area contributed by atoms with Crippen molar-refractivity contribution in [1.29, 1.82) is 0 Å². The first-order valence-corrected chi connectivity index (χ1v) is 8.64. The number of esters is 1. The number of benzene rings is 2. The average Bonchev–Trinajstić information content (AvgIpc) is 2.58. The van der Waals surface area contributed by atoms with E-state index in [9.17, 15) is 9.59 Å². The van der Waals surface area contributed by atoms with Gasteiger partial charge >= 0.3 is 5.97 Å². The number of aryl methyl sites for hydroxylation is 2. The van der Waals surface area contributed by atoms with Crippen molar-refractivity contribution in [2.75, 3.05) is 19.8 Å². The Hall–Kier alpha value is -2.34. The second-order valence-corrected chi connectivity index (χ2v) is 6.47. The summed E-state index contributed by atoms with van der Waals surface area (Å²) in [5, 5.41) is 2.65. The largest absolute Gasteiger partial charge is 0.491 e. The molecule has 0 aliphatic heterocycles. The van der Waals surface area contributed by atoms with Crippen LogP contribution < -0.4 is 10.1 Å². The third kappa shape index (κ3) is 6.23. The summed E-state index contributed by atoms with van der Waals surface area (Å²) in [5.74, 6) is -0.114. The Morgan fingerprint density at radius 2 is 1.92 bits per heavy atom. The van der Waals surface area contributed by atoms with Gasteiger partial charge in [-0.3, -0.25) is 4.79 Å². The Bertz CT molecular complexity index is 761. The molecule has 0 saturated heterocycles. The van der Waals surface area contributed by atoms with Gasteiger partial charge in [-0.25, -0.2) is 4.79 Å². The van der Waals surface area contributed by atoms with Gasteiger partial charge in [0.15, 0.2) is 6.61 Å². The molecule has 6 heteroatoms. The van der Waals surface area contributed by atoms with Gasteiger partial charge < -0.3 is 14.8 Å². The SMILES string of the molecule is Cc1ccc(OCCNC(=O)COC(=O)c2cccc(Br)c2)c(C)c1. The maximum absolute atomic E-state index is 11.8. The number of carbonyl (C=O) groups excluding carboxylic acids is 2. The van der Waals surface area contributed by atoms with E-state index in [2.05, 4.69) is 21.2 Å². The predicted octanol–water partition coefficient (Wildman–Crippen LogP) is 3.42. The molecule has 0 heterocycles. The van der Waals surface area contributed by atoms with E-state index in [1.54, 1.807) is 24.3 Å². The van der Waals surface area contributed by atoms with Gasteiger partial charge in [0, 0.05) is 4.47 Å². The van der Waals surface area contributed by atoms with Gasteiger partial charge in [0.2, 0.25) is 0 Å². The molecule has 0 spiro atoms. The Kier molecular flexibility index (Phi) is 7.01. The van der Waals surface area contributed by atoms with Crippen LogP contribution in [0.15, 0.2) is 46.9 Å². The van der Waals surface area contributed by atoms with E-state index in [0.29, 0.717) is 18.7 Å². The minimum absolute atomic E-state index is 0.324. The molecule has 0 atom stereocenters. The van der Waals surface area contributed by atoms with Crippen molar-refractivity contribution in [2.24, 2.45) is 0 Å². The molecular formula is C19H20BrNO4. The van der Waals surface area contributed by atoms with Crippen LogP contribution in [0.2, 0.25) is 0 Å². The third-order valence-electron chi connectivity index (χ3n) is 3.41. The summed E-state index contributed by atoms with van der Waals surface area (Å²) in [4.78, 5) is 23.5. The van der Waals surface area contributed by atoms with Gasteiger partial charge in [0.1, 0.15) is 12.4 Å². The van der Waals surface area contributed by atoms with Crippen LogP contribution in [0.4, 0.5) is 0 Å². The summed E-state index contributed by atoms with van der Waals surface area (Å²) in [7, 11) is 0.